The monoisotopic (exact) mass is 468 g/mol. The smallest absolute Gasteiger partial charge is 0.453 e. The molecule has 4 nitrogen and oxygen atoms in total. The summed E-state index contributed by atoms with van der Waals surface area (Å²) in [5.74, 6) is -1.92. The molecule has 0 unspecified atom stereocenters. The van der Waals surface area contributed by atoms with E-state index in [4.69, 9.17) is 13.9 Å². The van der Waals surface area contributed by atoms with Gasteiger partial charge in [0.2, 0.25) is 11.2 Å². The van der Waals surface area contributed by atoms with Crippen molar-refractivity contribution in [3.63, 3.8) is 0 Å². The van der Waals surface area contributed by atoms with Crippen LogP contribution in [0, 0.1) is 6.92 Å². The molecule has 3 aromatic carbocycles. The van der Waals surface area contributed by atoms with Crippen molar-refractivity contribution in [3.8, 4) is 17.2 Å². The molecule has 0 bridgehead atoms. The molecule has 0 N–H and O–H groups in total. The molecule has 176 valence electrons. The fourth-order valence-corrected chi connectivity index (χ4v) is 3.66. The molecule has 1 aromatic heterocycles. The average Bonchev–Trinajstić information content (AvgIpc) is 2.82. The van der Waals surface area contributed by atoms with Crippen molar-refractivity contribution in [2.75, 3.05) is 0 Å². The molecule has 1 heterocycles. The molecule has 0 aliphatic heterocycles. The van der Waals surface area contributed by atoms with Crippen LogP contribution in [0.15, 0.2) is 75.9 Å². The van der Waals surface area contributed by atoms with Gasteiger partial charge in [0, 0.05) is 5.56 Å². The lowest BCUT2D eigenvalue weighted by Crippen LogP contribution is -2.16. The van der Waals surface area contributed by atoms with E-state index in [1.807, 2.05) is 37.3 Å². The Kier molecular flexibility index (Phi) is 6.63. The number of fused-ring (bicyclic) bond motifs is 1. The summed E-state index contributed by atoms with van der Waals surface area (Å²) >= 11 is 0. The van der Waals surface area contributed by atoms with Crippen molar-refractivity contribution < 1.29 is 27.1 Å². The van der Waals surface area contributed by atoms with Crippen LogP contribution in [0.4, 0.5) is 13.2 Å². The number of alkyl halides is 3. The summed E-state index contributed by atoms with van der Waals surface area (Å²) in [5, 5.41) is -0.0184. The Morgan fingerprint density at radius 2 is 1.62 bits per heavy atom. The Morgan fingerprint density at radius 3 is 2.26 bits per heavy atom. The number of hydrogen-bond donors (Lipinski definition) is 0. The van der Waals surface area contributed by atoms with Crippen LogP contribution in [-0.4, -0.2) is 0 Å². The minimum Gasteiger partial charge on any atom is -0.488 e. The zero-order valence-corrected chi connectivity index (χ0v) is 18.7. The number of hydrogen-bond acceptors (Lipinski definition) is 4. The van der Waals surface area contributed by atoms with Gasteiger partial charge in [0.05, 0.1) is 5.39 Å². The molecule has 0 aliphatic carbocycles. The Balaban J connectivity index is 1.74. The summed E-state index contributed by atoms with van der Waals surface area (Å²) < 4.78 is 58.1. The molecular formula is C27H23F3O4. The Labute approximate surface area is 194 Å². The van der Waals surface area contributed by atoms with E-state index in [2.05, 4.69) is 0 Å². The lowest BCUT2D eigenvalue weighted by atomic mass is 10.1. The van der Waals surface area contributed by atoms with Crippen LogP contribution in [0.3, 0.4) is 0 Å². The molecule has 0 atom stereocenters. The molecule has 4 rings (SSSR count). The largest absolute Gasteiger partial charge is 0.488 e. The third-order valence-corrected chi connectivity index (χ3v) is 5.39. The maximum absolute atomic E-state index is 13.9. The molecule has 0 aliphatic rings. The van der Waals surface area contributed by atoms with E-state index in [1.165, 1.54) is 6.07 Å². The maximum Gasteiger partial charge on any atom is 0.453 e. The van der Waals surface area contributed by atoms with Crippen molar-refractivity contribution in [3.05, 3.63) is 99.4 Å². The molecule has 0 fully saturated rings. The van der Waals surface area contributed by atoms with Gasteiger partial charge < -0.3 is 13.9 Å². The van der Waals surface area contributed by atoms with Crippen LogP contribution in [-0.2, 0) is 19.2 Å². The van der Waals surface area contributed by atoms with E-state index in [-0.39, 0.29) is 23.3 Å². The Hall–Kier alpha value is -3.74. The third kappa shape index (κ3) is 4.93. The van der Waals surface area contributed by atoms with Gasteiger partial charge in [-0.05, 0) is 48.7 Å². The first kappa shape index (κ1) is 23.4. The van der Waals surface area contributed by atoms with Crippen molar-refractivity contribution >= 4 is 11.0 Å². The molecule has 0 saturated heterocycles. The lowest BCUT2D eigenvalue weighted by molar-refractivity contribution is -0.154. The Bertz CT molecular complexity index is 1340. The minimum atomic E-state index is -4.93. The van der Waals surface area contributed by atoms with Crippen molar-refractivity contribution in [1.29, 1.82) is 0 Å². The number of benzene rings is 3. The molecule has 0 spiro atoms. The first-order valence-corrected chi connectivity index (χ1v) is 10.9. The topological polar surface area (TPSA) is 48.7 Å². The highest BCUT2D eigenvalue weighted by atomic mass is 19.4. The molecule has 0 saturated carbocycles. The van der Waals surface area contributed by atoms with E-state index in [0.717, 1.165) is 24.0 Å². The van der Waals surface area contributed by atoms with Crippen LogP contribution in [0.5, 0.6) is 17.2 Å². The molecular weight excluding hydrogens is 445 g/mol. The Morgan fingerprint density at radius 1 is 0.912 bits per heavy atom. The summed E-state index contributed by atoms with van der Waals surface area (Å²) in [6, 6.07) is 18.9. The molecule has 4 aromatic rings. The van der Waals surface area contributed by atoms with Crippen LogP contribution < -0.4 is 14.9 Å². The quantitative estimate of drug-likeness (QED) is 0.283. The van der Waals surface area contributed by atoms with Gasteiger partial charge in [-0.15, -0.1) is 0 Å². The normalized spacial score (nSPS) is 11.6. The van der Waals surface area contributed by atoms with Gasteiger partial charge in [0.25, 0.3) is 5.76 Å². The average molecular weight is 468 g/mol. The van der Waals surface area contributed by atoms with Crippen LogP contribution in [0.1, 0.15) is 35.8 Å². The second-order valence-electron chi connectivity index (χ2n) is 7.92. The number of rotatable bonds is 7. The third-order valence-electron chi connectivity index (χ3n) is 5.39. The fraction of sp³-hybridized carbons (Fsp3) is 0.222. The zero-order chi connectivity index (χ0) is 24.3. The minimum absolute atomic E-state index is 0.0184. The summed E-state index contributed by atoms with van der Waals surface area (Å²) in [6.45, 7) is 3.80. The SMILES string of the molecule is CCCc1ccc(Oc2c(C(F)(F)F)oc3c(C)c(OCc4ccccc4)ccc3c2=O)cc1. The summed E-state index contributed by atoms with van der Waals surface area (Å²) in [6.07, 6.45) is -3.17. The number of aryl methyl sites for hydroxylation is 2. The predicted octanol–water partition coefficient (Wildman–Crippen LogP) is 7.44. The lowest BCUT2D eigenvalue weighted by Gasteiger charge is -2.16. The molecule has 7 heteroatoms. The highest BCUT2D eigenvalue weighted by molar-refractivity contribution is 5.83. The van der Waals surface area contributed by atoms with E-state index >= 15 is 0 Å². The van der Waals surface area contributed by atoms with Crippen molar-refractivity contribution in [2.24, 2.45) is 0 Å². The first-order chi connectivity index (χ1) is 16.3. The van der Waals surface area contributed by atoms with E-state index in [9.17, 15) is 18.0 Å². The van der Waals surface area contributed by atoms with Crippen LogP contribution >= 0.6 is 0 Å². The summed E-state index contributed by atoms with van der Waals surface area (Å²) in [4.78, 5) is 13.1. The van der Waals surface area contributed by atoms with E-state index < -0.39 is 23.1 Å². The fourth-order valence-electron chi connectivity index (χ4n) is 3.66. The van der Waals surface area contributed by atoms with Gasteiger partial charge in [-0.1, -0.05) is 55.8 Å². The highest BCUT2D eigenvalue weighted by Gasteiger charge is 2.40. The predicted molar refractivity (Wildman–Crippen MR) is 124 cm³/mol. The van der Waals surface area contributed by atoms with Crippen LogP contribution in [0.2, 0.25) is 0 Å². The van der Waals surface area contributed by atoms with Crippen LogP contribution in [0.25, 0.3) is 11.0 Å². The number of ether oxygens (including phenoxy) is 2. The second kappa shape index (κ2) is 9.63. The van der Waals surface area contributed by atoms with Crippen molar-refractivity contribution in [1.82, 2.24) is 0 Å². The van der Waals surface area contributed by atoms with Crippen molar-refractivity contribution in [2.45, 2.75) is 39.5 Å². The second-order valence-corrected chi connectivity index (χ2v) is 7.92. The molecule has 34 heavy (non-hydrogen) atoms. The highest BCUT2D eigenvalue weighted by Crippen LogP contribution is 2.40. The maximum atomic E-state index is 13.9. The van der Waals surface area contributed by atoms with Gasteiger partial charge in [0.1, 0.15) is 23.7 Å². The van der Waals surface area contributed by atoms with E-state index in [1.54, 1.807) is 37.3 Å². The van der Waals surface area contributed by atoms with Gasteiger partial charge >= 0.3 is 6.18 Å². The molecule has 0 amide bonds. The standard InChI is InChI=1S/C27H23F3O4/c1-3-7-18-10-12-20(13-11-18)33-25-23(31)21-14-15-22(32-16-19-8-5-4-6-9-19)17(2)24(21)34-26(25)27(28,29)30/h4-6,8-15H,3,7,16H2,1-2H3. The van der Waals surface area contributed by atoms with Gasteiger partial charge in [-0.25, -0.2) is 0 Å². The first-order valence-electron chi connectivity index (χ1n) is 10.9. The zero-order valence-electron chi connectivity index (χ0n) is 18.7. The van der Waals surface area contributed by atoms with Gasteiger partial charge in [0.15, 0.2) is 0 Å². The van der Waals surface area contributed by atoms with Gasteiger partial charge in [-0.2, -0.15) is 13.2 Å². The molecule has 0 radical (unpaired) electrons. The summed E-state index contributed by atoms with van der Waals surface area (Å²) in [7, 11) is 0. The van der Waals surface area contributed by atoms with E-state index in [0.29, 0.717) is 11.3 Å². The number of halogens is 3. The van der Waals surface area contributed by atoms with Gasteiger partial charge in [-0.3, -0.25) is 4.79 Å². The summed E-state index contributed by atoms with van der Waals surface area (Å²) in [5.41, 5.74) is 1.13.